The van der Waals surface area contributed by atoms with E-state index in [1.54, 1.807) is 18.3 Å². The first kappa shape index (κ1) is 15.2. The molecule has 7 heteroatoms. The van der Waals surface area contributed by atoms with Crippen molar-refractivity contribution >= 4 is 17.2 Å². The summed E-state index contributed by atoms with van der Waals surface area (Å²) in [6.45, 7) is 1.81. The van der Waals surface area contributed by atoms with E-state index in [0.29, 0.717) is 11.4 Å². The summed E-state index contributed by atoms with van der Waals surface area (Å²) in [6.07, 6.45) is 6.52. The number of hydrogen-bond acceptors (Lipinski definition) is 6. The third kappa shape index (κ3) is 3.39. The lowest BCUT2D eigenvalue weighted by Crippen LogP contribution is -2.32. The Hall–Kier alpha value is -2.70. The van der Waals surface area contributed by atoms with Crippen molar-refractivity contribution in [1.82, 2.24) is 15.0 Å². The zero-order chi connectivity index (χ0) is 16.2. The first-order valence-corrected chi connectivity index (χ1v) is 7.72. The molecule has 0 aliphatic carbocycles. The molecule has 0 atom stereocenters. The van der Waals surface area contributed by atoms with Crippen molar-refractivity contribution in [2.24, 2.45) is 0 Å². The highest BCUT2D eigenvalue weighted by atomic mass is 16.1. The number of anilines is 2. The van der Waals surface area contributed by atoms with Gasteiger partial charge >= 0.3 is 5.69 Å². The van der Waals surface area contributed by atoms with Gasteiger partial charge in [0.05, 0.1) is 29.7 Å². The van der Waals surface area contributed by atoms with Crippen molar-refractivity contribution in [3.63, 3.8) is 0 Å². The molecular formula is C16H19N5O2. The number of aromatic nitrogens is 3. The van der Waals surface area contributed by atoms with Crippen molar-refractivity contribution < 1.29 is 4.79 Å². The summed E-state index contributed by atoms with van der Waals surface area (Å²) in [5, 5.41) is 0. The molecule has 7 nitrogen and oxygen atoms in total. The molecule has 23 heavy (non-hydrogen) atoms. The van der Waals surface area contributed by atoms with Crippen molar-refractivity contribution in [3.05, 3.63) is 46.4 Å². The van der Waals surface area contributed by atoms with Crippen LogP contribution in [0.15, 0.2) is 29.3 Å². The smallest absolute Gasteiger partial charge is 0.345 e. The molecule has 0 amide bonds. The predicted molar refractivity (Wildman–Crippen MR) is 87.6 cm³/mol. The molecule has 1 aliphatic heterocycles. The van der Waals surface area contributed by atoms with E-state index in [1.807, 2.05) is 0 Å². The maximum Gasteiger partial charge on any atom is 0.345 e. The highest BCUT2D eigenvalue weighted by Gasteiger charge is 2.19. The van der Waals surface area contributed by atoms with Gasteiger partial charge in [-0.15, -0.1) is 0 Å². The summed E-state index contributed by atoms with van der Waals surface area (Å²) >= 11 is 0. The molecule has 0 bridgehead atoms. The molecule has 0 spiro atoms. The number of nitrogens with one attached hydrogen (secondary N) is 1. The fourth-order valence-electron chi connectivity index (χ4n) is 2.86. The van der Waals surface area contributed by atoms with E-state index in [-0.39, 0.29) is 17.9 Å². The quantitative estimate of drug-likeness (QED) is 0.821. The summed E-state index contributed by atoms with van der Waals surface area (Å²) in [6, 6.07) is 3.32. The van der Waals surface area contributed by atoms with Gasteiger partial charge in [-0.3, -0.25) is 9.78 Å². The minimum Gasteiger partial charge on any atom is -0.397 e. The van der Waals surface area contributed by atoms with Crippen molar-refractivity contribution in [2.75, 3.05) is 23.7 Å². The Bertz CT molecular complexity index is 765. The van der Waals surface area contributed by atoms with Crippen molar-refractivity contribution in [2.45, 2.75) is 25.7 Å². The largest absolute Gasteiger partial charge is 0.397 e. The number of pyridine rings is 1. The number of ketones is 1. The second-order valence-corrected chi connectivity index (χ2v) is 5.64. The molecule has 2 aromatic rings. The molecule has 120 valence electrons. The van der Waals surface area contributed by atoms with Crippen LogP contribution in [-0.2, 0) is 6.42 Å². The average molecular weight is 313 g/mol. The van der Waals surface area contributed by atoms with Gasteiger partial charge in [-0.05, 0) is 31.4 Å². The molecule has 0 radical (unpaired) electrons. The van der Waals surface area contributed by atoms with Crippen LogP contribution in [0.5, 0.6) is 0 Å². The second kappa shape index (κ2) is 6.60. The molecule has 3 N–H and O–H groups in total. The molecule has 3 rings (SSSR count). The highest BCUT2D eigenvalue weighted by Crippen LogP contribution is 2.22. The molecule has 0 aromatic carbocycles. The zero-order valence-corrected chi connectivity index (χ0v) is 12.8. The van der Waals surface area contributed by atoms with Crippen LogP contribution in [0.2, 0.25) is 0 Å². The van der Waals surface area contributed by atoms with Crippen molar-refractivity contribution in [3.8, 4) is 0 Å². The number of nitrogens with zero attached hydrogens (tertiary/aromatic N) is 3. The van der Waals surface area contributed by atoms with E-state index in [2.05, 4.69) is 19.9 Å². The van der Waals surface area contributed by atoms with Crippen LogP contribution >= 0.6 is 0 Å². The van der Waals surface area contributed by atoms with Crippen LogP contribution in [0.3, 0.4) is 0 Å². The SMILES string of the molecule is Nc1cccnc1C(=O)Cc1[nH]c(=O)ncc1N1CCCCC1. The molecule has 1 aliphatic rings. The van der Waals surface area contributed by atoms with E-state index in [9.17, 15) is 9.59 Å². The third-order valence-electron chi connectivity index (χ3n) is 4.01. The number of hydrogen-bond donors (Lipinski definition) is 2. The molecule has 1 fully saturated rings. The Labute approximate surface area is 133 Å². The minimum absolute atomic E-state index is 0.0464. The second-order valence-electron chi connectivity index (χ2n) is 5.64. The Morgan fingerprint density at radius 1 is 1.26 bits per heavy atom. The summed E-state index contributed by atoms with van der Waals surface area (Å²) in [7, 11) is 0. The number of H-pyrrole nitrogens is 1. The van der Waals surface area contributed by atoms with Gasteiger partial charge in [0.15, 0.2) is 5.78 Å². The molecule has 0 unspecified atom stereocenters. The van der Waals surface area contributed by atoms with Gasteiger partial charge in [-0.2, -0.15) is 4.98 Å². The first-order chi connectivity index (χ1) is 11.1. The average Bonchev–Trinajstić information content (AvgIpc) is 2.56. The maximum atomic E-state index is 12.5. The van der Waals surface area contributed by atoms with Gasteiger partial charge in [0.25, 0.3) is 0 Å². The van der Waals surface area contributed by atoms with Crippen LogP contribution in [0, 0.1) is 0 Å². The van der Waals surface area contributed by atoms with Gasteiger partial charge in [0, 0.05) is 19.3 Å². The number of nitrogen functional groups attached to an aromatic ring is 1. The van der Waals surface area contributed by atoms with Crippen LogP contribution < -0.4 is 16.3 Å². The summed E-state index contributed by atoms with van der Waals surface area (Å²) < 4.78 is 0. The van der Waals surface area contributed by atoms with Crippen LogP contribution in [0.1, 0.15) is 35.4 Å². The number of nitrogens with two attached hydrogens (primary N) is 1. The topological polar surface area (TPSA) is 105 Å². The monoisotopic (exact) mass is 313 g/mol. The number of piperidine rings is 1. The Morgan fingerprint density at radius 2 is 2.04 bits per heavy atom. The number of rotatable bonds is 4. The van der Waals surface area contributed by atoms with E-state index in [0.717, 1.165) is 31.6 Å². The molecule has 1 saturated heterocycles. The number of carbonyl (C=O) groups excluding carboxylic acids is 1. The van der Waals surface area contributed by atoms with Gasteiger partial charge in [-0.1, -0.05) is 0 Å². The van der Waals surface area contributed by atoms with E-state index < -0.39 is 5.69 Å². The van der Waals surface area contributed by atoms with Gasteiger partial charge in [0.2, 0.25) is 0 Å². The Morgan fingerprint density at radius 3 is 2.78 bits per heavy atom. The normalized spacial score (nSPS) is 14.7. The first-order valence-electron chi connectivity index (χ1n) is 7.72. The van der Waals surface area contributed by atoms with Crippen LogP contribution in [0.4, 0.5) is 11.4 Å². The van der Waals surface area contributed by atoms with Gasteiger partial charge in [-0.25, -0.2) is 4.79 Å². The minimum atomic E-state index is -0.456. The van der Waals surface area contributed by atoms with Crippen LogP contribution in [0.25, 0.3) is 0 Å². The maximum absolute atomic E-state index is 12.5. The molecule has 3 heterocycles. The third-order valence-corrected chi connectivity index (χ3v) is 4.01. The fraction of sp³-hybridized carbons (Fsp3) is 0.375. The highest BCUT2D eigenvalue weighted by molar-refractivity contribution is 6.00. The number of carbonyl (C=O) groups is 1. The van der Waals surface area contributed by atoms with Crippen LogP contribution in [-0.4, -0.2) is 33.8 Å². The number of Topliss-reactive ketones (excluding diaryl/α,β-unsaturated/α-hetero) is 1. The number of aromatic amines is 1. The van der Waals surface area contributed by atoms with Gasteiger partial charge in [0.1, 0.15) is 5.69 Å². The lowest BCUT2D eigenvalue weighted by Gasteiger charge is -2.29. The van der Waals surface area contributed by atoms with Crippen molar-refractivity contribution in [1.29, 1.82) is 0 Å². The molecular weight excluding hydrogens is 294 g/mol. The lowest BCUT2D eigenvalue weighted by molar-refractivity contribution is 0.0988. The molecule has 2 aromatic heterocycles. The summed E-state index contributed by atoms with van der Waals surface area (Å²) in [5.41, 5.74) is 7.31. The molecule has 0 saturated carbocycles. The summed E-state index contributed by atoms with van der Waals surface area (Å²) in [5.74, 6) is -0.219. The summed E-state index contributed by atoms with van der Waals surface area (Å²) in [4.78, 5) is 36.8. The van der Waals surface area contributed by atoms with E-state index >= 15 is 0 Å². The Kier molecular flexibility index (Phi) is 4.36. The van der Waals surface area contributed by atoms with Gasteiger partial charge < -0.3 is 15.6 Å². The van der Waals surface area contributed by atoms with E-state index in [4.69, 9.17) is 5.73 Å². The van der Waals surface area contributed by atoms with E-state index in [1.165, 1.54) is 12.6 Å². The Balaban J connectivity index is 1.89. The fourth-order valence-corrected chi connectivity index (χ4v) is 2.86. The standard InChI is InChI=1S/C16H19N5O2/c17-11-5-4-6-18-15(11)14(22)9-12-13(10-19-16(23)20-12)21-7-2-1-3-8-21/h4-6,10H,1-3,7-9,17H2,(H,19,20,23). The predicted octanol–water partition coefficient (Wildman–Crippen LogP) is 1.16. The lowest BCUT2D eigenvalue weighted by atomic mass is 10.1. The zero-order valence-electron chi connectivity index (χ0n) is 12.8.